The first kappa shape index (κ1) is 22.1. The van der Waals surface area contributed by atoms with Crippen molar-refractivity contribution >= 4 is 26.9 Å². The molecule has 0 unspecified atom stereocenters. The van der Waals surface area contributed by atoms with Crippen LogP contribution in [-0.2, 0) is 21.4 Å². The summed E-state index contributed by atoms with van der Waals surface area (Å²) in [5.74, 6) is -0.406. The Labute approximate surface area is 184 Å². The Bertz CT molecular complexity index is 1320. The van der Waals surface area contributed by atoms with E-state index in [1.165, 1.54) is 11.4 Å². The summed E-state index contributed by atoms with van der Waals surface area (Å²) >= 11 is 0. The third-order valence-corrected chi connectivity index (χ3v) is 7.37. The van der Waals surface area contributed by atoms with Gasteiger partial charge in [-0.1, -0.05) is 22.9 Å². The molecule has 12 heteroatoms. The van der Waals surface area contributed by atoms with E-state index in [0.29, 0.717) is 18.8 Å². The van der Waals surface area contributed by atoms with Crippen LogP contribution < -0.4 is 5.56 Å². The van der Waals surface area contributed by atoms with Crippen molar-refractivity contribution < 1.29 is 22.5 Å². The number of sulfonamides is 1. The number of ether oxygens (including phenoxy) is 1. The average molecular weight is 462 g/mol. The Morgan fingerprint density at radius 3 is 2.41 bits per heavy atom. The topological polar surface area (TPSA) is 128 Å². The fraction of sp³-hybridized carbons (Fsp3) is 0.400. The van der Waals surface area contributed by atoms with E-state index < -0.39 is 21.6 Å². The number of rotatable bonds is 5. The highest BCUT2D eigenvalue weighted by molar-refractivity contribution is 7.89. The molecule has 3 aromatic rings. The van der Waals surface area contributed by atoms with Gasteiger partial charge in [0.25, 0.3) is 5.56 Å². The zero-order chi connectivity index (χ0) is 23.0. The molecule has 2 aromatic heterocycles. The van der Waals surface area contributed by atoms with Crippen LogP contribution in [0.15, 0.2) is 38.5 Å². The lowest BCUT2D eigenvalue weighted by Gasteiger charge is -2.33. The van der Waals surface area contributed by atoms with Crippen molar-refractivity contribution in [1.82, 2.24) is 24.1 Å². The van der Waals surface area contributed by atoms with Crippen molar-refractivity contribution in [3.8, 4) is 0 Å². The van der Waals surface area contributed by atoms with Gasteiger partial charge in [0.1, 0.15) is 5.76 Å². The molecule has 3 heterocycles. The number of hydrogen-bond acceptors (Lipinski definition) is 9. The van der Waals surface area contributed by atoms with Crippen LogP contribution >= 0.6 is 0 Å². The van der Waals surface area contributed by atoms with Gasteiger partial charge in [-0.3, -0.25) is 9.69 Å². The first-order valence-corrected chi connectivity index (χ1v) is 11.4. The SMILES string of the molecule is COC(=O)c1nn(CN2CCN(S(=O)(=O)c3ccc(C)cc3)CC2)c(=O)c2noc(C)c12. The summed E-state index contributed by atoms with van der Waals surface area (Å²) in [6, 6.07) is 6.73. The van der Waals surface area contributed by atoms with E-state index in [-0.39, 0.29) is 41.3 Å². The van der Waals surface area contributed by atoms with Gasteiger partial charge in [-0.15, -0.1) is 0 Å². The van der Waals surface area contributed by atoms with Crippen LogP contribution in [0.3, 0.4) is 0 Å². The summed E-state index contributed by atoms with van der Waals surface area (Å²) in [5, 5.41) is 8.18. The van der Waals surface area contributed by atoms with Gasteiger partial charge < -0.3 is 9.26 Å². The van der Waals surface area contributed by atoms with Crippen molar-refractivity contribution in [1.29, 1.82) is 0 Å². The predicted octanol–water partition coefficient (Wildman–Crippen LogP) is 0.752. The summed E-state index contributed by atoms with van der Waals surface area (Å²) < 4.78 is 38.2. The Balaban J connectivity index is 1.53. The van der Waals surface area contributed by atoms with E-state index in [9.17, 15) is 18.0 Å². The number of carbonyl (C=O) groups excluding carboxylic acids is 1. The van der Waals surface area contributed by atoms with Crippen LogP contribution in [0.25, 0.3) is 10.9 Å². The third-order valence-electron chi connectivity index (χ3n) is 5.46. The number of benzene rings is 1. The fourth-order valence-corrected chi connectivity index (χ4v) is 5.05. The van der Waals surface area contributed by atoms with Crippen LogP contribution in [0.5, 0.6) is 0 Å². The molecule has 0 atom stereocenters. The second-order valence-corrected chi connectivity index (χ2v) is 9.52. The summed E-state index contributed by atoms with van der Waals surface area (Å²) in [6.45, 7) is 4.87. The minimum absolute atomic E-state index is 0.00140. The molecule has 0 radical (unpaired) electrons. The van der Waals surface area contributed by atoms with Crippen molar-refractivity contribution in [2.75, 3.05) is 33.3 Å². The maximum absolute atomic E-state index is 12.9. The molecule has 0 saturated carbocycles. The van der Waals surface area contributed by atoms with Gasteiger partial charge in [0.2, 0.25) is 10.0 Å². The Morgan fingerprint density at radius 2 is 1.78 bits per heavy atom. The zero-order valence-corrected chi connectivity index (χ0v) is 18.8. The van der Waals surface area contributed by atoms with Crippen LogP contribution in [0.4, 0.5) is 0 Å². The van der Waals surface area contributed by atoms with Crippen molar-refractivity contribution in [2.24, 2.45) is 0 Å². The lowest BCUT2D eigenvalue weighted by Crippen LogP contribution is -2.50. The normalized spacial score (nSPS) is 15.8. The Hall–Kier alpha value is -3.09. The lowest BCUT2D eigenvalue weighted by molar-refractivity contribution is 0.0590. The highest BCUT2D eigenvalue weighted by atomic mass is 32.2. The second kappa shape index (κ2) is 8.45. The van der Waals surface area contributed by atoms with E-state index in [1.807, 2.05) is 11.8 Å². The molecule has 1 saturated heterocycles. The molecule has 1 aliphatic rings. The highest BCUT2D eigenvalue weighted by Gasteiger charge is 2.29. The molecule has 0 bridgehead atoms. The monoisotopic (exact) mass is 461 g/mol. The van der Waals surface area contributed by atoms with E-state index in [2.05, 4.69) is 10.3 Å². The molecule has 1 aromatic carbocycles. The molecule has 11 nitrogen and oxygen atoms in total. The quantitative estimate of drug-likeness (QED) is 0.506. The molecule has 0 amide bonds. The summed E-state index contributed by atoms with van der Waals surface area (Å²) in [5.41, 5.74) is 0.427. The molecule has 4 rings (SSSR count). The number of piperazine rings is 1. The summed E-state index contributed by atoms with van der Waals surface area (Å²) in [7, 11) is -2.37. The number of aryl methyl sites for hydroxylation is 2. The smallest absolute Gasteiger partial charge is 0.359 e. The third kappa shape index (κ3) is 3.92. The lowest BCUT2D eigenvalue weighted by atomic mass is 10.2. The first-order chi connectivity index (χ1) is 15.2. The van der Waals surface area contributed by atoms with Gasteiger partial charge in [0, 0.05) is 26.2 Å². The van der Waals surface area contributed by atoms with Crippen LogP contribution in [0.1, 0.15) is 21.8 Å². The molecule has 1 fully saturated rings. The van der Waals surface area contributed by atoms with Crippen molar-refractivity contribution in [2.45, 2.75) is 25.4 Å². The van der Waals surface area contributed by atoms with Crippen LogP contribution in [0.2, 0.25) is 0 Å². The number of nitrogens with zero attached hydrogens (tertiary/aromatic N) is 5. The number of esters is 1. The van der Waals surface area contributed by atoms with Gasteiger partial charge in [0.05, 0.1) is 24.1 Å². The molecule has 0 aliphatic carbocycles. The number of fused-ring (bicyclic) bond motifs is 1. The number of aromatic nitrogens is 3. The zero-order valence-electron chi connectivity index (χ0n) is 17.9. The standard InChI is InChI=1S/C20H23N5O6S/c1-13-4-6-15(7-5-13)32(28,29)24-10-8-23(9-11-24)12-25-19(26)17-16(14(2)31-22-17)18(21-25)20(27)30-3/h4-7H,8-12H2,1-3H3. The van der Waals surface area contributed by atoms with Gasteiger partial charge >= 0.3 is 5.97 Å². The second-order valence-electron chi connectivity index (χ2n) is 7.58. The first-order valence-electron chi connectivity index (χ1n) is 9.97. The Morgan fingerprint density at radius 1 is 1.12 bits per heavy atom. The molecular formula is C20H23N5O6S. The van der Waals surface area contributed by atoms with E-state index >= 15 is 0 Å². The summed E-state index contributed by atoms with van der Waals surface area (Å²) in [6.07, 6.45) is 0. The average Bonchev–Trinajstić information content (AvgIpc) is 3.18. The largest absolute Gasteiger partial charge is 0.464 e. The molecule has 0 spiro atoms. The number of carbonyl (C=O) groups is 1. The maximum Gasteiger partial charge on any atom is 0.359 e. The van der Waals surface area contributed by atoms with Crippen molar-refractivity contribution in [3.05, 3.63) is 51.6 Å². The number of methoxy groups -OCH3 is 1. The van der Waals surface area contributed by atoms with Gasteiger partial charge in [-0.05, 0) is 26.0 Å². The fourth-order valence-electron chi connectivity index (χ4n) is 3.63. The Kier molecular flexibility index (Phi) is 5.84. The van der Waals surface area contributed by atoms with Crippen molar-refractivity contribution in [3.63, 3.8) is 0 Å². The summed E-state index contributed by atoms with van der Waals surface area (Å²) in [4.78, 5) is 27.1. The van der Waals surface area contributed by atoms with E-state index in [0.717, 1.165) is 10.2 Å². The predicted molar refractivity (Wildman–Crippen MR) is 114 cm³/mol. The van der Waals surface area contributed by atoms with E-state index in [4.69, 9.17) is 9.26 Å². The van der Waals surface area contributed by atoms with Gasteiger partial charge in [-0.25, -0.2) is 17.9 Å². The minimum Gasteiger partial charge on any atom is -0.464 e. The molecule has 1 aliphatic heterocycles. The number of hydrogen-bond donors (Lipinski definition) is 0. The molecular weight excluding hydrogens is 438 g/mol. The molecule has 0 N–H and O–H groups in total. The maximum atomic E-state index is 12.9. The minimum atomic E-state index is -3.59. The van der Waals surface area contributed by atoms with Gasteiger partial charge in [-0.2, -0.15) is 9.40 Å². The molecule has 32 heavy (non-hydrogen) atoms. The highest BCUT2D eigenvalue weighted by Crippen LogP contribution is 2.20. The van der Waals surface area contributed by atoms with Crippen LogP contribution in [-0.4, -0.2) is 71.8 Å². The van der Waals surface area contributed by atoms with Crippen LogP contribution in [0, 0.1) is 13.8 Å². The van der Waals surface area contributed by atoms with E-state index in [1.54, 1.807) is 31.2 Å². The van der Waals surface area contributed by atoms with Gasteiger partial charge in [0.15, 0.2) is 11.2 Å². The molecule has 170 valence electrons.